The van der Waals surface area contributed by atoms with Gasteiger partial charge in [0.15, 0.2) is 0 Å². The van der Waals surface area contributed by atoms with Crippen LogP contribution >= 0.6 is 0 Å². The van der Waals surface area contributed by atoms with Gasteiger partial charge in [-0.15, -0.1) is 0 Å². The van der Waals surface area contributed by atoms with Crippen molar-refractivity contribution in [2.45, 2.75) is 63.6 Å². The number of carbonyl (C=O) groups is 1. The highest BCUT2D eigenvalue weighted by Crippen LogP contribution is 2.62. The normalized spacial score (nSPS) is 45.4. The van der Waals surface area contributed by atoms with Crippen LogP contribution in [0.1, 0.15) is 52.4 Å². The number of hydrogen-bond acceptors (Lipinski definition) is 3. The summed E-state index contributed by atoms with van der Waals surface area (Å²) < 4.78 is 12.1. The minimum Gasteiger partial charge on any atom is -0.456 e. The fraction of sp³-hybridized carbons (Fsp3) is 0.824. The molecule has 3 heteroatoms. The van der Waals surface area contributed by atoms with Gasteiger partial charge in [0, 0.05) is 24.5 Å². The van der Waals surface area contributed by atoms with Crippen molar-refractivity contribution < 1.29 is 14.3 Å². The second-order valence-electron chi connectivity index (χ2n) is 7.18. The molecule has 0 saturated heterocycles. The van der Waals surface area contributed by atoms with Gasteiger partial charge in [-0.1, -0.05) is 13.5 Å². The summed E-state index contributed by atoms with van der Waals surface area (Å²) in [6.07, 6.45) is 8.07. The molecule has 0 spiro atoms. The summed E-state index contributed by atoms with van der Waals surface area (Å²) in [4.78, 5) is 11.7. The minimum absolute atomic E-state index is 0.0760. The lowest BCUT2D eigenvalue weighted by molar-refractivity contribution is -0.245. The molecule has 0 N–H and O–H groups in total. The van der Waals surface area contributed by atoms with Crippen LogP contribution < -0.4 is 0 Å². The zero-order valence-corrected chi connectivity index (χ0v) is 12.7. The Morgan fingerprint density at radius 2 is 1.95 bits per heavy atom. The SMILES string of the molecule is C=CC(=O)OC1(C)C2CC3CC1CC(OCCC)(C3)C2. The lowest BCUT2D eigenvalue weighted by atomic mass is 9.48. The molecule has 20 heavy (non-hydrogen) atoms. The minimum atomic E-state index is -0.304. The largest absolute Gasteiger partial charge is 0.456 e. The first kappa shape index (κ1) is 14.1. The zero-order valence-electron chi connectivity index (χ0n) is 12.7. The van der Waals surface area contributed by atoms with E-state index in [2.05, 4.69) is 20.4 Å². The van der Waals surface area contributed by atoms with Crippen molar-refractivity contribution in [1.29, 1.82) is 0 Å². The van der Waals surface area contributed by atoms with Crippen molar-refractivity contribution in [2.24, 2.45) is 17.8 Å². The Kier molecular flexibility index (Phi) is 3.44. The second kappa shape index (κ2) is 4.87. The lowest BCUT2D eigenvalue weighted by Crippen LogP contribution is -2.64. The monoisotopic (exact) mass is 278 g/mol. The van der Waals surface area contributed by atoms with Crippen LogP contribution in [0.15, 0.2) is 12.7 Å². The van der Waals surface area contributed by atoms with E-state index < -0.39 is 0 Å². The van der Waals surface area contributed by atoms with Gasteiger partial charge in [-0.05, 0) is 51.4 Å². The van der Waals surface area contributed by atoms with Crippen LogP contribution in [0.25, 0.3) is 0 Å². The predicted molar refractivity (Wildman–Crippen MR) is 77.2 cm³/mol. The smallest absolute Gasteiger partial charge is 0.330 e. The molecule has 4 aliphatic carbocycles. The maximum absolute atomic E-state index is 11.7. The molecule has 112 valence electrons. The number of hydrogen-bond donors (Lipinski definition) is 0. The Morgan fingerprint density at radius 1 is 1.30 bits per heavy atom. The molecule has 0 aromatic carbocycles. The van der Waals surface area contributed by atoms with Crippen molar-refractivity contribution >= 4 is 5.97 Å². The van der Waals surface area contributed by atoms with Gasteiger partial charge in [0.25, 0.3) is 0 Å². The predicted octanol–water partition coefficient (Wildman–Crippen LogP) is 3.48. The van der Waals surface area contributed by atoms with Crippen LogP contribution in [-0.4, -0.2) is 23.8 Å². The molecule has 4 saturated carbocycles. The number of rotatable bonds is 5. The molecule has 4 fully saturated rings. The van der Waals surface area contributed by atoms with Crippen molar-refractivity contribution in [3.05, 3.63) is 12.7 Å². The van der Waals surface area contributed by atoms with E-state index in [4.69, 9.17) is 9.47 Å². The third-order valence-corrected chi connectivity index (χ3v) is 5.85. The molecular formula is C17H26O3. The fourth-order valence-electron chi connectivity index (χ4n) is 5.04. The summed E-state index contributed by atoms with van der Waals surface area (Å²) in [7, 11) is 0. The molecule has 0 heterocycles. The van der Waals surface area contributed by atoms with Crippen LogP contribution in [-0.2, 0) is 14.3 Å². The number of esters is 1. The average molecular weight is 278 g/mol. The van der Waals surface area contributed by atoms with Gasteiger partial charge < -0.3 is 9.47 Å². The zero-order chi connectivity index (χ0) is 14.4. The molecule has 0 aliphatic heterocycles. The first-order chi connectivity index (χ1) is 9.51. The van der Waals surface area contributed by atoms with Crippen LogP contribution in [0.2, 0.25) is 0 Å². The van der Waals surface area contributed by atoms with E-state index >= 15 is 0 Å². The van der Waals surface area contributed by atoms with Crippen molar-refractivity contribution in [1.82, 2.24) is 0 Å². The average Bonchev–Trinajstić information content (AvgIpc) is 2.42. The Labute approximate surface area is 121 Å². The second-order valence-corrected chi connectivity index (χ2v) is 7.18. The fourth-order valence-corrected chi connectivity index (χ4v) is 5.04. The molecule has 0 radical (unpaired) electrons. The summed E-state index contributed by atoms with van der Waals surface area (Å²) in [6.45, 7) is 8.68. The highest BCUT2D eigenvalue weighted by molar-refractivity contribution is 5.81. The van der Waals surface area contributed by atoms with E-state index in [1.807, 2.05) is 0 Å². The molecule has 4 aliphatic rings. The maximum atomic E-state index is 11.7. The number of carbonyl (C=O) groups excluding carboxylic acids is 1. The Bertz CT molecular complexity index is 398. The van der Waals surface area contributed by atoms with Gasteiger partial charge in [0.05, 0.1) is 5.60 Å². The molecule has 2 atom stereocenters. The quantitative estimate of drug-likeness (QED) is 0.570. The summed E-state index contributed by atoms with van der Waals surface area (Å²) in [5.41, 5.74) is -0.228. The van der Waals surface area contributed by atoms with Crippen molar-refractivity contribution in [2.75, 3.05) is 6.61 Å². The first-order valence-electron chi connectivity index (χ1n) is 8.00. The molecule has 4 rings (SSSR count). The first-order valence-corrected chi connectivity index (χ1v) is 8.00. The number of ether oxygens (including phenoxy) is 2. The summed E-state index contributed by atoms with van der Waals surface area (Å²) in [6, 6.07) is 0. The highest BCUT2D eigenvalue weighted by atomic mass is 16.6. The standard InChI is InChI=1S/C17H26O3/c1-4-6-19-17-9-12-7-13(10-17)16(3,14(8-12)11-17)20-15(18)5-2/h5,12-14H,2,4,6-11H2,1,3H3. The van der Waals surface area contributed by atoms with Gasteiger partial charge in [-0.3, -0.25) is 0 Å². The van der Waals surface area contributed by atoms with Crippen LogP contribution in [0, 0.1) is 17.8 Å². The van der Waals surface area contributed by atoms with Gasteiger partial charge in [0.2, 0.25) is 0 Å². The molecule has 0 amide bonds. The molecule has 3 nitrogen and oxygen atoms in total. The topological polar surface area (TPSA) is 35.5 Å². The van der Waals surface area contributed by atoms with Crippen LogP contribution in [0.3, 0.4) is 0 Å². The van der Waals surface area contributed by atoms with Gasteiger partial charge >= 0.3 is 5.97 Å². The molecule has 2 unspecified atom stereocenters. The van der Waals surface area contributed by atoms with E-state index in [0.29, 0.717) is 11.8 Å². The van der Waals surface area contributed by atoms with Gasteiger partial charge in [-0.25, -0.2) is 4.79 Å². The molecule has 0 aromatic heterocycles. The third-order valence-electron chi connectivity index (χ3n) is 5.85. The van der Waals surface area contributed by atoms with E-state index in [9.17, 15) is 4.79 Å². The van der Waals surface area contributed by atoms with E-state index in [1.54, 1.807) is 0 Å². The molecular weight excluding hydrogens is 252 g/mol. The third kappa shape index (κ3) is 2.11. The Balaban J connectivity index is 1.80. The van der Waals surface area contributed by atoms with Gasteiger partial charge in [-0.2, -0.15) is 0 Å². The van der Waals surface area contributed by atoms with Crippen molar-refractivity contribution in [3.63, 3.8) is 0 Å². The highest BCUT2D eigenvalue weighted by Gasteiger charge is 2.62. The summed E-state index contributed by atoms with van der Waals surface area (Å²) in [5.74, 6) is 1.40. The van der Waals surface area contributed by atoms with E-state index in [1.165, 1.54) is 25.3 Å². The van der Waals surface area contributed by atoms with Gasteiger partial charge in [0.1, 0.15) is 5.60 Å². The maximum Gasteiger partial charge on any atom is 0.330 e. The summed E-state index contributed by atoms with van der Waals surface area (Å²) in [5, 5.41) is 0. The Morgan fingerprint density at radius 3 is 2.50 bits per heavy atom. The molecule has 0 aromatic rings. The molecule has 4 bridgehead atoms. The van der Waals surface area contributed by atoms with Crippen molar-refractivity contribution in [3.8, 4) is 0 Å². The Hall–Kier alpha value is -0.830. The lowest BCUT2D eigenvalue weighted by Gasteiger charge is -2.63. The van der Waals surface area contributed by atoms with Crippen LogP contribution in [0.5, 0.6) is 0 Å². The van der Waals surface area contributed by atoms with E-state index in [-0.39, 0.29) is 17.2 Å². The summed E-state index contributed by atoms with van der Waals surface area (Å²) >= 11 is 0. The van der Waals surface area contributed by atoms with E-state index in [0.717, 1.165) is 31.8 Å². The van der Waals surface area contributed by atoms with Crippen LogP contribution in [0.4, 0.5) is 0 Å².